The van der Waals surface area contributed by atoms with Gasteiger partial charge in [-0.05, 0) is 66.7 Å². The lowest BCUT2D eigenvalue weighted by molar-refractivity contribution is -0.427. The van der Waals surface area contributed by atoms with Crippen LogP contribution >= 0.6 is 22.9 Å². The van der Waals surface area contributed by atoms with E-state index < -0.39 is 0 Å². The summed E-state index contributed by atoms with van der Waals surface area (Å²) in [6, 6.07) is 56.7. The summed E-state index contributed by atoms with van der Waals surface area (Å²) in [4.78, 5) is 27.4. The monoisotopic (exact) mass is 810 g/mol. The third-order valence-corrected chi connectivity index (χ3v) is 10.5. The van der Waals surface area contributed by atoms with Crippen molar-refractivity contribution in [2.75, 3.05) is 17.2 Å². The van der Waals surface area contributed by atoms with Crippen molar-refractivity contribution in [3.63, 3.8) is 0 Å². The number of rotatable bonds is 7. The number of hydrogen-bond acceptors (Lipinski definition) is 5. The molecule has 9 rings (SSSR count). The molecule has 0 aliphatic heterocycles. The molecule has 0 spiro atoms. The first-order valence-electron chi connectivity index (χ1n) is 17.7. The Labute approximate surface area is 326 Å². The van der Waals surface area contributed by atoms with Gasteiger partial charge >= 0.3 is 0 Å². The summed E-state index contributed by atoms with van der Waals surface area (Å²) < 4.78 is 2.82. The predicted octanol–water partition coefficient (Wildman–Crippen LogP) is 12.5. The van der Waals surface area contributed by atoms with Gasteiger partial charge in [-0.1, -0.05) is 146 Å². The number of benzene rings is 8. The molecule has 9 aromatic rings. The van der Waals surface area contributed by atoms with Crippen LogP contribution < -0.4 is 3.11 Å². The highest BCUT2D eigenvalue weighted by atomic mass is 127. The van der Waals surface area contributed by atoms with Crippen LogP contribution in [0.1, 0.15) is 0 Å². The summed E-state index contributed by atoms with van der Waals surface area (Å²) in [6.45, 7) is 0. The van der Waals surface area contributed by atoms with E-state index in [1.54, 1.807) is 0 Å². The maximum absolute atomic E-state index is 12.4. The first-order valence-corrected chi connectivity index (χ1v) is 18.7. The van der Waals surface area contributed by atoms with Crippen LogP contribution in [0.15, 0.2) is 164 Å². The van der Waals surface area contributed by atoms with Crippen LogP contribution in [0.2, 0.25) is 0 Å². The van der Waals surface area contributed by atoms with Gasteiger partial charge in [0, 0.05) is 39.5 Å². The zero-order valence-corrected chi connectivity index (χ0v) is 31.8. The van der Waals surface area contributed by atoms with Gasteiger partial charge in [0.05, 0.1) is 22.9 Å². The molecular formula is C47H33IN5O+. The molecule has 0 radical (unpaired) electrons. The highest BCUT2D eigenvalue weighted by Gasteiger charge is 2.19. The van der Waals surface area contributed by atoms with E-state index in [-0.39, 0.29) is 0 Å². The smallest absolute Gasteiger partial charge is 0.280 e. The van der Waals surface area contributed by atoms with Crippen LogP contribution in [0.3, 0.4) is 0 Å². The maximum Gasteiger partial charge on any atom is 0.280 e. The zero-order chi connectivity index (χ0) is 36.8. The van der Waals surface area contributed by atoms with Crippen molar-refractivity contribution < 1.29 is 4.76 Å². The van der Waals surface area contributed by atoms with Gasteiger partial charge in [-0.3, -0.25) is 0 Å². The standard InChI is InChI=1S/C47H33IN5O/c1-52(48)42-27-25-36(29-43(42)53(2)54)30-16-20-34(21-17-30)46-49-45(33-11-4-3-5-12-33)50-47(51-46)35-22-18-32(19-23-35)44-39-15-9-7-13-37(39)28-41-38-14-8-6-10-31(38)24-26-40(41)44/h3-29H,1-2H3/q+1. The van der Waals surface area contributed by atoms with Gasteiger partial charge in [0.2, 0.25) is 0 Å². The van der Waals surface area contributed by atoms with E-state index in [2.05, 4.69) is 114 Å². The topological polar surface area (TPSA) is 62.0 Å². The molecular weight excluding hydrogens is 777 g/mol. The van der Waals surface area contributed by atoms with Crippen molar-refractivity contribution in [1.29, 1.82) is 0 Å². The van der Waals surface area contributed by atoms with E-state index in [1.807, 2.05) is 83.0 Å². The van der Waals surface area contributed by atoms with Crippen LogP contribution in [0.4, 0.5) is 11.4 Å². The van der Waals surface area contributed by atoms with Crippen LogP contribution in [0, 0.1) is 4.91 Å². The number of anilines is 1. The Morgan fingerprint density at radius 3 is 1.61 bits per heavy atom. The SMILES string of the molecule is CN(I)c1ccc(-c2ccc(-c3nc(-c4ccccc4)nc(-c4ccc(-c5c6ccccc6cc6c5ccc5ccccc56)cc4)n3)cc2)cc1[N+](C)=O. The molecule has 54 heavy (non-hydrogen) atoms. The van der Waals surface area contributed by atoms with Crippen molar-refractivity contribution in [3.8, 4) is 56.4 Å². The molecule has 0 saturated heterocycles. The number of hydrogen-bond donors (Lipinski definition) is 0. The fourth-order valence-electron chi connectivity index (χ4n) is 7.30. The Bertz CT molecular complexity index is 2870. The summed E-state index contributed by atoms with van der Waals surface area (Å²) in [5, 5.41) is 7.38. The van der Waals surface area contributed by atoms with Crippen molar-refractivity contribution in [2.24, 2.45) is 0 Å². The Balaban J connectivity index is 1.13. The molecule has 0 aliphatic carbocycles. The summed E-state index contributed by atoms with van der Waals surface area (Å²) >= 11 is 2.18. The molecule has 7 heteroatoms. The fourth-order valence-corrected chi connectivity index (χ4v) is 7.70. The van der Waals surface area contributed by atoms with Crippen molar-refractivity contribution >= 4 is 66.6 Å². The second-order valence-corrected chi connectivity index (χ2v) is 14.8. The molecule has 0 aliphatic rings. The normalized spacial score (nSPS) is 11.3. The largest absolute Gasteiger partial charge is 0.312 e. The minimum absolute atomic E-state index is 0.586. The van der Waals surface area contributed by atoms with E-state index in [4.69, 9.17) is 15.0 Å². The Morgan fingerprint density at radius 1 is 0.463 bits per heavy atom. The zero-order valence-electron chi connectivity index (χ0n) is 29.6. The molecule has 8 aromatic carbocycles. The molecule has 0 atom stereocenters. The van der Waals surface area contributed by atoms with E-state index >= 15 is 0 Å². The molecule has 0 unspecified atom stereocenters. The average molecular weight is 811 g/mol. The number of fused-ring (bicyclic) bond motifs is 4. The molecule has 6 nitrogen and oxygen atoms in total. The van der Waals surface area contributed by atoms with Gasteiger partial charge in [0.25, 0.3) is 5.69 Å². The van der Waals surface area contributed by atoms with E-state index in [0.29, 0.717) is 23.2 Å². The molecule has 0 bridgehead atoms. The number of aromatic nitrogens is 3. The molecule has 0 N–H and O–H groups in total. The van der Waals surface area contributed by atoms with E-state index in [0.717, 1.165) is 43.8 Å². The Morgan fingerprint density at radius 2 is 0.981 bits per heavy atom. The molecule has 0 amide bonds. The second kappa shape index (κ2) is 13.9. The minimum Gasteiger partial charge on any atom is -0.312 e. The van der Waals surface area contributed by atoms with Gasteiger partial charge in [-0.25, -0.2) is 15.0 Å². The highest BCUT2D eigenvalue weighted by molar-refractivity contribution is 14.1. The van der Waals surface area contributed by atoms with Crippen LogP contribution in [-0.2, 0) is 0 Å². The van der Waals surface area contributed by atoms with Gasteiger partial charge < -0.3 is 3.11 Å². The fraction of sp³-hybridized carbons (Fsp3) is 0.0426. The summed E-state index contributed by atoms with van der Waals surface area (Å²) in [7, 11) is 3.45. The minimum atomic E-state index is 0.586. The quantitative estimate of drug-likeness (QED) is 0.0527. The van der Waals surface area contributed by atoms with Crippen LogP contribution in [0.5, 0.6) is 0 Å². The van der Waals surface area contributed by atoms with Gasteiger partial charge in [-0.2, -0.15) is 0 Å². The molecule has 1 heterocycles. The lowest BCUT2D eigenvalue weighted by Crippen LogP contribution is -2.04. The third kappa shape index (κ3) is 6.16. The summed E-state index contributed by atoms with van der Waals surface area (Å²) in [6.07, 6.45) is 0. The average Bonchev–Trinajstić information content (AvgIpc) is 3.22. The third-order valence-electron chi connectivity index (χ3n) is 9.99. The van der Waals surface area contributed by atoms with E-state index in [9.17, 15) is 4.91 Å². The number of nitrogens with zero attached hydrogens (tertiary/aromatic N) is 5. The molecule has 0 fully saturated rings. The van der Waals surface area contributed by atoms with Crippen molar-refractivity contribution in [1.82, 2.24) is 15.0 Å². The van der Waals surface area contributed by atoms with Crippen LogP contribution in [-0.4, -0.2) is 33.8 Å². The lowest BCUT2D eigenvalue weighted by Gasteiger charge is -2.14. The van der Waals surface area contributed by atoms with Crippen LogP contribution in [0.25, 0.3) is 88.7 Å². The molecule has 0 saturated carbocycles. The van der Waals surface area contributed by atoms with Crippen molar-refractivity contribution in [2.45, 2.75) is 0 Å². The maximum atomic E-state index is 12.4. The number of halogens is 1. The van der Waals surface area contributed by atoms with Gasteiger partial charge in [0.15, 0.2) is 24.5 Å². The summed E-state index contributed by atoms with van der Waals surface area (Å²) in [5.41, 5.74) is 8.44. The van der Waals surface area contributed by atoms with E-state index in [1.165, 1.54) is 44.9 Å². The van der Waals surface area contributed by atoms with Gasteiger partial charge in [-0.15, -0.1) is 0 Å². The first-order chi connectivity index (χ1) is 26.4. The lowest BCUT2D eigenvalue weighted by atomic mass is 9.89. The number of nitroso groups, excluding NO2 is 1. The Kier molecular flexibility index (Phi) is 8.63. The van der Waals surface area contributed by atoms with Crippen molar-refractivity contribution in [3.05, 3.63) is 169 Å². The predicted molar refractivity (Wildman–Crippen MR) is 231 cm³/mol. The molecule has 258 valence electrons. The van der Waals surface area contributed by atoms with Gasteiger partial charge in [0.1, 0.15) is 5.69 Å². The second-order valence-electron chi connectivity index (χ2n) is 13.4. The first kappa shape index (κ1) is 33.5. The summed E-state index contributed by atoms with van der Waals surface area (Å²) in [5.74, 6) is 1.80. The highest BCUT2D eigenvalue weighted by Crippen LogP contribution is 2.40. The molecule has 1 aromatic heterocycles. The Hall–Kier alpha value is -6.32.